The topological polar surface area (TPSA) is 443 Å². The monoisotopic (exact) mass is 955 g/mol. The molecule has 380 valence electrons. The van der Waals surface area contributed by atoms with E-state index in [1.54, 1.807) is 27.7 Å². The molecule has 0 saturated heterocycles. The number of methoxy groups -OCH3 is 1. The van der Waals surface area contributed by atoms with Gasteiger partial charge in [0.15, 0.2) is 11.9 Å². The van der Waals surface area contributed by atoms with Gasteiger partial charge in [0.25, 0.3) is 0 Å². The second-order valence-corrected chi connectivity index (χ2v) is 16.5. The van der Waals surface area contributed by atoms with Gasteiger partial charge in [-0.15, -0.1) is 0 Å². The van der Waals surface area contributed by atoms with Gasteiger partial charge in [-0.3, -0.25) is 57.9 Å². The van der Waals surface area contributed by atoms with E-state index < -0.39 is 108 Å². The van der Waals surface area contributed by atoms with Crippen LogP contribution in [0, 0.1) is 11.8 Å². The normalized spacial score (nSPS) is 13.9. The van der Waals surface area contributed by atoms with E-state index in [0.717, 1.165) is 0 Å². The van der Waals surface area contributed by atoms with Crippen molar-refractivity contribution in [3.63, 3.8) is 0 Å². The lowest BCUT2D eigenvalue weighted by Crippen LogP contribution is -2.60. The Balaban J connectivity index is 6.54. The van der Waals surface area contributed by atoms with Gasteiger partial charge in [-0.2, -0.15) is 0 Å². The molecule has 27 heteroatoms. The number of hydrogen-bond acceptors (Lipinski definition) is 13. The number of nitrogens with one attached hydrogen (secondary N) is 9. The number of rotatable bonds is 32. The van der Waals surface area contributed by atoms with Gasteiger partial charge >= 0.3 is 0 Å². The first kappa shape index (κ1) is 60.2. The summed E-state index contributed by atoms with van der Waals surface area (Å²) in [5.74, 6) is -8.14. The molecule has 27 nitrogen and oxygen atoms in total. The van der Waals surface area contributed by atoms with E-state index in [4.69, 9.17) is 33.4 Å². The first-order valence-electron chi connectivity index (χ1n) is 21.8. The van der Waals surface area contributed by atoms with Crippen molar-refractivity contribution >= 4 is 71.0 Å². The van der Waals surface area contributed by atoms with Crippen LogP contribution in [-0.2, 0) is 52.7 Å². The number of carbonyl (C=O) groups is 10. The van der Waals surface area contributed by atoms with E-state index in [1.807, 2.05) is 0 Å². The Morgan fingerprint density at radius 1 is 0.478 bits per heavy atom. The number of hydrogen-bond donors (Lipinski definition) is 14. The molecule has 0 aliphatic heterocycles. The Kier molecular flexibility index (Phi) is 28.7. The highest BCUT2D eigenvalue weighted by Gasteiger charge is 2.33. The van der Waals surface area contributed by atoms with Crippen LogP contribution in [0.15, 0.2) is 9.98 Å². The van der Waals surface area contributed by atoms with Crippen LogP contribution in [-0.4, -0.2) is 153 Å². The van der Waals surface area contributed by atoms with Crippen LogP contribution in [0.2, 0.25) is 0 Å². The highest BCUT2D eigenvalue weighted by Crippen LogP contribution is 2.10. The minimum Gasteiger partial charge on any atom is -0.382 e. The Hall–Kier alpha value is -6.80. The van der Waals surface area contributed by atoms with Crippen LogP contribution in [0.25, 0.3) is 0 Å². The molecule has 0 radical (unpaired) electrons. The number of primary amides is 1. The lowest BCUT2D eigenvalue weighted by molar-refractivity contribution is -0.136. The average Bonchev–Trinajstić information content (AvgIpc) is 3.21. The van der Waals surface area contributed by atoms with E-state index in [0.29, 0.717) is 0 Å². The van der Waals surface area contributed by atoms with E-state index in [9.17, 15) is 47.9 Å². The summed E-state index contributed by atoms with van der Waals surface area (Å²) in [6.07, 6.45) is 0.415. The minimum absolute atomic E-state index is 0.0425. The van der Waals surface area contributed by atoms with Crippen LogP contribution in [0.4, 0.5) is 0 Å². The fraction of sp³-hybridized carbons (Fsp3) is 0.700. The number of carbonyl (C=O) groups excluding carboxylic acids is 10. The van der Waals surface area contributed by atoms with Crippen molar-refractivity contribution < 1.29 is 52.7 Å². The molecular formula is C40H74N16O11. The summed E-state index contributed by atoms with van der Waals surface area (Å²) in [6, 6.07) is -8.98. The molecule has 19 N–H and O–H groups in total. The predicted octanol–water partition coefficient (Wildman–Crippen LogP) is -6.00. The molecule has 0 spiro atoms. The third-order valence-corrected chi connectivity index (χ3v) is 9.24. The second-order valence-electron chi connectivity index (χ2n) is 16.5. The Labute approximate surface area is 390 Å². The lowest BCUT2D eigenvalue weighted by atomic mass is 10.0. The van der Waals surface area contributed by atoms with Gasteiger partial charge in [0.05, 0.1) is 13.2 Å². The quantitative estimate of drug-likeness (QED) is 0.0170. The first-order chi connectivity index (χ1) is 31.3. The van der Waals surface area contributed by atoms with Gasteiger partial charge < -0.3 is 81.3 Å². The Morgan fingerprint density at radius 2 is 0.881 bits per heavy atom. The van der Waals surface area contributed by atoms with Crippen LogP contribution >= 0.6 is 0 Å². The zero-order chi connectivity index (χ0) is 51.4. The van der Waals surface area contributed by atoms with Gasteiger partial charge in [-0.05, 0) is 57.3 Å². The molecule has 0 rings (SSSR count). The SMILES string of the molecule is COCC(NC(=O)C(C)NC(=O)C(CCCN=C(N)N)NC(=O)C(CCCN=C(N)N)NC(=O)C(CC(C)C)NC(=O)C(CNC(C)=O)NC(C)=O)C(=O)NC(CC(C)C)C(=O)NCC(N)=O. The summed E-state index contributed by atoms with van der Waals surface area (Å²) < 4.78 is 5.13. The molecule has 0 heterocycles. The maximum Gasteiger partial charge on any atom is 0.245 e. The van der Waals surface area contributed by atoms with Crippen molar-refractivity contribution in [3.05, 3.63) is 0 Å². The maximum absolute atomic E-state index is 14.1. The molecule has 0 aromatic heterocycles. The van der Waals surface area contributed by atoms with E-state index >= 15 is 0 Å². The summed E-state index contributed by atoms with van der Waals surface area (Å²) in [4.78, 5) is 137. The van der Waals surface area contributed by atoms with E-state index in [1.165, 1.54) is 27.9 Å². The fourth-order valence-electron chi connectivity index (χ4n) is 6.06. The highest BCUT2D eigenvalue weighted by atomic mass is 16.5. The highest BCUT2D eigenvalue weighted by molar-refractivity contribution is 5.98. The third-order valence-electron chi connectivity index (χ3n) is 9.24. The number of aliphatic imine (C=N–C) groups is 2. The number of amides is 10. The van der Waals surface area contributed by atoms with Crippen LogP contribution in [0.1, 0.15) is 87.0 Å². The van der Waals surface area contributed by atoms with Crippen LogP contribution in [0.5, 0.6) is 0 Å². The summed E-state index contributed by atoms with van der Waals surface area (Å²) in [5, 5.41) is 22.6. The van der Waals surface area contributed by atoms with Gasteiger partial charge in [0, 0.05) is 40.6 Å². The average molecular weight is 955 g/mol. The molecule has 0 fully saturated rings. The third kappa shape index (κ3) is 27.3. The molecule has 0 aromatic carbocycles. The smallest absolute Gasteiger partial charge is 0.245 e. The Bertz CT molecular complexity index is 1750. The number of guanidine groups is 2. The van der Waals surface area contributed by atoms with Crippen LogP contribution < -0.4 is 76.5 Å². The molecule has 0 saturated carbocycles. The molecule has 67 heavy (non-hydrogen) atoms. The summed E-state index contributed by atoms with van der Waals surface area (Å²) in [7, 11) is 1.27. The molecule has 0 bridgehead atoms. The fourth-order valence-corrected chi connectivity index (χ4v) is 6.06. The van der Waals surface area contributed by atoms with Crippen molar-refractivity contribution in [1.29, 1.82) is 0 Å². The number of nitrogens with two attached hydrogens (primary N) is 5. The molecule has 7 unspecified atom stereocenters. The van der Waals surface area contributed by atoms with E-state index in [-0.39, 0.29) is 88.5 Å². The second kappa shape index (κ2) is 32.0. The predicted molar refractivity (Wildman–Crippen MR) is 246 cm³/mol. The molecule has 0 aliphatic carbocycles. The van der Waals surface area contributed by atoms with Gasteiger partial charge in [-0.1, -0.05) is 27.7 Å². The van der Waals surface area contributed by atoms with Gasteiger partial charge in [-0.25, -0.2) is 0 Å². The summed E-state index contributed by atoms with van der Waals surface area (Å²) in [6.45, 7) is 9.90. The summed E-state index contributed by atoms with van der Waals surface area (Å²) in [5.41, 5.74) is 27.0. The standard InChI is InChI=1S/C40H74N16O11/c1-20(2)15-27(33(61)49-18-31(41)59)54-38(66)30(19-67-8)56-32(60)22(5)50-34(62)25(11-9-13-46-39(42)43)52-35(63)26(12-10-14-47-40(44)45)53-36(64)28(16-21(3)4)55-37(65)29(51-24(7)58)17-48-23(6)57/h20-22,25-30H,9-19H2,1-8H3,(H2,41,59)(H,48,57)(H,49,61)(H,50,62)(H,51,58)(H,52,63)(H,53,64)(H,54,66)(H,55,65)(H,56,60)(H4,42,43,46)(H4,44,45,47). The summed E-state index contributed by atoms with van der Waals surface area (Å²) >= 11 is 0. The van der Waals surface area contributed by atoms with Gasteiger partial charge in [0.1, 0.15) is 42.3 Å². The zero-order valence-corrected chi connectivity index (χ0v) is 39.7. The van der Waals surface area contributed by atoms with Crippen LogP contribution in [0.3, 0.4) is 0 Å². The maximum atomic E-state index is 14.1. The van der Waals surface area contributed by atoms with Crippen molar-refractivity contribution in [2.75, 3.05) is 39.9 Å². The van der Waals surface area contributed by atoms with Crippen molar-refractivity contribution in [2.45, 2.75) is 129 Å². The lowest BCUT2D eigenvalue weighted by Gasteiger charge is -2.28. The largest absolute Gasteiger partial charge is 0.382 e. The van der Waals surface area contributed by atoms with E-state index in [2.05, 4.69) is 57.8 Å². The number of nitrogens with zero attached hydrogens (tertiary/aromatic N) is 2. The Morgan fingerprint density at radius 3 is 1.30 bits per heavy atom. The minimum atomic E-state index is -1.36. The molecule has 0 aromatic rings. The zero-order valence-electron chi connectivity index (χ0n) is 39.7. The molecule has 0 aliphatic rings. The van der Waals surface area contributed by atoms with Crippen molar-refractivity contribution in [2.24, 2.45) is 50.5 Å². The molecule has 7 atom stereocenters. The molecular weight excluding hydrogens is 881 g/mol. The molecule has 10 amide bonds. The number of ether oxygens (including phenoxy) is 1. The van der Waals surface area contributed by atoms with Gasteiger partial charge in [0.2, 0.25) is 59.1 Å². The van der Waals surface area contributed by atoms with Crippen molar-refractivity contribution in [1.82, 2.24) is 47.9 Å². The first-order valence-corrected chi connectivity index (χ1v) is 21.8. The van der Waals surface area contributed by atoms with Crippen molar-refractivity contribution in [3.8, 4) is 0 Å².